The summed E-state index contributed by atoms with van der Waals surface area (Å²) in [4.78, 5) is 31.8. The maximum atomic E-state index is 12.6. The van der Waals surface area contributed by atoms with E-state index in [2.05, 4.69) is 15.3 Å². The van der Waals surface area contributed by atoms with Crippen LogP contribution in [0.1, 0.15) is 27.2 Å². The van der Waals surface area contributed by atoms with Crippen molar-refractivity contribution in [3.63, 3.8) is 0 Å². The van der Waals surface area contributed by atoms with Crippen LogP contribution in [-0.4, -0.2) is 21.0 Å². The third-order valence-corrected chi connectivity index (χ3v) is 3.75. The molecule has 122 valence electrons. The van der Waals surface area contributed by atoms with Gasteiger partial charge in [0.15, 0.2) is 0 Å². The van der Waals surface area contributed by atoms with Crippen molar-refractivity contribution < 1.29 is 9.90 Å². The van der Waals surface area contributed by atoms with Gasteiger partial charge in [-0.2, -0.15) is 0 Å². The molecule has 0 unspecified atom stereocenters. The Kier molecular flexibility index (Phi) is 4.14. The van der Waals surface area contributed by atoms with Crippen LogP contribution < -0.4 is 10.9 Å². The fourth-order valence-electron chi connectivity index (χ4n) is 2.80. The topological polar surface area (TPSA) is 95.1 Å². The molecule has 1 amide bonds. The highest BCUT2D eigenvalue weighted by atomic mass is 16.3. The van der Waals surface area contributed by atoms with E-state index < -0.39 is 18.1 Å². The first kappa shape index (κ1) is 15.9. The minimum atomic E-state index is -0.594. The van der Waals surface area contributed by atoms with Crippen LogP contribution in [0.25, 0.3) is 10.9 Å². The van der Waals surface area contributed by atoms with Crippen molar-refractivity contribution in [2.75, 3.05) is 5.32 Å². The molecule has 0 spiro atoms. The molecule has 3 N–H and O–H groups in total. The predicted octanol–water partition coefficient (Wildman–Crippen LogP) is 2.28. The Labute approximate surface area is 138 Å². The van der Waals surface area contributed by atoms with Gasteiger partial charge < -0.3 is 15.4 Å². The number of fused-ring (bicyclic) bond motifs is 1. The van der Waals surface area contributed by atoms with E-state index in [0.717, 1.165) is 11.3 Å². The van der Waals surface area contributed by atoms with E-state index in [-0.39, 0.29) is 5.56 Å². The van der Waals surface area contributed by atoms with Crippen molar-refractivity contribution in [1.82, 2.24) is 9.97 Å². The van der Waals surface area contributed by atoms with Crippen LogP contribution in [0.3, 0.4) is 0 Å². The molecule has 2 aromatic heterocycles. The van der Waals surface area contributed by atoms with Crippen LogP contribution in [0.2, 0.25) is 0 Å². The molecule has 0 radical (unpaired) electrons. The molecule has 0 aliphatic heterocycles. The third kappa shape index (κ3) is 2.91. The molecule has 24 heavy (non-hydrogen) atoms. The first-order valence-electron chi connectivity index (χ1n) is 7.51. The number of aromatic nitrogens is 2. The van der Waals surface area contributed by atoms with Gasteiger partial charge in [-0.25, -0.2) is 4.98 Å². The summed E-state index contributed by atoms with van der Waals surface area (Å²) < 4.78 is 0. The van der Waals surface area contributed by atoms with Crippen molar-refractivity contribution in [3.05, 3.63) is 69.1 Å². The van der Waals surface area contributed by atoms with E-state index in [0.29, 0.717) is 22.3 Å². The molecule has 0 saturated carbocycles. The minimum Gasteiger partial charge on any atom is -0.392 e. The number of nitrogens with one attached hydrogen (secondary N) is 2. The number of aliphatic hydroxyl groups excluding tert-OH is 1. The van der Waals surface area contributed by atoms with E-state index in [1.165, 1.54) is 0 Å². The number of carbonyl (C=O) groups is 1. The fourth-order valence-corrected chi connectivity index (χ4v) is 2.80. The lowest BCUT2D eigenvalue weighted by molar-refractivity contribution is 0.102. The fraction of sp³-hybridized carbons (Fsp3) is 0.167. The monoisotopic (exact) mass is 323 g/mol. The SMILES string of the molecule is Cc1cc(C)nc(NC(=O)c2c(CO)c3ccccc3[nH]c2=O)c1. The summed E-state index contributed by atoms with van der Waals surface area (Å²) in [5.41, 5.74) is 1.95. The molecule has 0 saturated heterocycles. The molecule has 0 bridgehead atoms. The van der Waals surface area contributed by atoms with Crippen LogP contribution in [0.4, 0.5) is 5.82 Å². The number of hydrogen-bond acceptors (Lipinski definition) is 4. The molecular formula is C18H17N3O3. The smallest absolute Gasteiger partial charge is 0.262 e. The maximum Gasteiger partial charge on any atom is 0.262 e. The number of pyridine rings is 2. The Bertz CT molecular complexity index is 972. The van der Waals surface area contributed by atoms with Crippen LogP contribution >= 0.6 is 0 Å². The van der Waals surface area contributed by atoms with Crippen LogP contribution in [-0.2, 0) is 6.61 Å². The molecule has 2 heterocycles. The van der Waals surface area contributed by atoms with Crippen molar-refractivity contribution in [3.8, 4) is 0 Å². The number of para-hydroxylation sites is 1. The Morgan fingerprint density at radius 2 is 2.00 bits per heavy atom. The highest BCUT2D eigenvalue weighted by Gasteiger charge is 2.19. The van der Waals surface area contributed by atoms with Gasteiger partial charge in [0.1, 0.15) is 11.4 Å². The summed E-state index contributed by atoms with van der Waals surface area (Å²) in [5, 5.41) is 13.0. The Morgan fingerprint density at radius 3 is 2.71 bits per heavy atom. The second kappa shape index (κ2) is 6.25. The van der Waals surface area contributed by atoms with E-state index in [9.17, 15) is 14.7 Å². The lowest BCUT2D eigenvalue weighted by Gasteiger charge is -2.11. The van der Waals surface area contributed by atoms with Gasteiger partial charge in [-0.15, -0.1) is 0 Å². The number of amides is 1. The second-order valence-corrected chi connectivity index (χ2v) is 5.64. The molecule has 3 rings (SSSR count). The molecular weight excluding hydrogens is 306 g/mol. The number of aryl methyl sites for hydroxylation is 2. The Hall–Kier alpha value is -2.99. The lowest BCUT2D eigenvalue weighted by atomic mass is 10.0. The molecule has 0 aliphatic carbocycles. The molecule has 0 aliphatic rings. The van der Waals surface area contributed by atoms with Gasteiger partial charge in [0, 0.05) is 22.2 Å². The number of rotatable bonds is 3. The Balaban J connectivity index is 2.09. The van der Waals surface area contributed by atoms with E-state index >= 15 is 0 Å². The van der Waals surface area contributed by atoms with E-state index in [1.54, 1.807) is 30.3 Å². The summed E-state index contributed by atoms with van der Waals surface area (Å²) in [6.45, 7) is 3.31. The number of nitrogens with zero attached hydrogens (tertiary/aromatic N) is 1. The number of hydrogen-bond donors (Lipinski definition) is 3. The maximum absolute atomic E-state index is 12.6. The third-order valence-electron chi connectivity index (χ3n) is 3.75. The molecule has 1 aromatic carbocycles. The zero-order valence-electron chi connectivity index (χ0n) is 13.4. The standard InChI is InChI=1S/C18H17N3O3/c1-10-7-11(2)19-15(8-10)21-18(24)16-13(9-22)12-5-3-4-6-14(12)20-17(16)23/h3-8,22H,9H2,1-2H3,(H,20,23)(H,19,21,24). The Morgan fingerprint density at radius 1 is 1.25 bits per heavy atom. The summed E-state index contributed by atoms with van der Waals surface area (Å²) in [5.74, 6) is -0.225. The van der Waals surface area contributed by atoms with Crippen LogP contribution in [0, 0.1) is 13.8 Å². The number of benzene rings is 1. The average molecular weight is 323 g/mol. The largest absolute Gasteiger partial charge is 0.392 e. The van der Waals surface area contributed by atoms with E-state index in [1.807, 2.05) is 19.9 Å². The quantitative estimate of drug-likeness (QED) is 0.689. The second-order valence-electron chi connectivity index (χ2n) is 5.64. The summed E-state index contributed by atoms with van der Waals surface area (Å²) in [6, 6.07) is 10.6. The van der Waals surface area contributed by atoms with Crippen molar-refractivity contribution in [1.29, 1.82) is 0 Å². The zero-order chi connectivity index (χ0) is 17.3. The number of anilines is 1. The number of aliphatic hydroxyl groups is 1. The van der Waals surface area contributed by atoms with Gasteiger partial charge in [0.05, 0.1) is 6.61 Å². The highest BCUT2D eigenvalue weighted by Crippen LogP contribution is 2.19. The molecule has 6 heteroatoms. The summed E-state index contributed by atoms with van der Waals surface area (Å²) in [6.07, 6.45) is 0. The van der Waals surface area contributed by atoms with Gasteiger partial charge in [-0.1, -0.05) is 18.2 Å². The molecule has 6 nitrogen and oxygen atoms in total. The van der Waals surface area contributed by atoms with Crippen molar-refractivity contribution in [2.45, 2.75) is 20.5 Å². The summed E-state index contributed by atoms with van der Waals surface area (Å²) >= 11 is 0. The van der Waals surface area contributed by atoms with E-state index in [4.69, 9.17) is 0 Å². The highest BCUT2D eigenvalue weighted by molar-refractivity contribution is 6.07. The number of carbonyl (C=O) groups excluding carboxylic acids is 1. The molecule has 3 aromatic rings. The van der Waals surface area contributed by atoms with Crippen molar-refractivity contribution >= 4 is 22.6 Å². The minimum absolute atomic E-state index is 0.0999. The van der Waals surface area contributed by atoms with Gasteiger partial charge >= 0.3 is 0 Å². The first-order chi connectivity index (χ1) is 11.5. The molecule has 0 fully saturated rings. The first-order valence-corrected chi connectivity index (χ1v) is 7.51. The average Bonchev–Trinajstić information content (AvgIpc) is 2.52. The molecule has 0 atom stereocenters. The van der Waals surface area contributed by atoms with Gasteiger partial charge in [0.2, 0.25) is 0 Å². The number of aromatic amines is 1. The summed E-state index contributed by atoms with van der Waals surface area (Å²) in [7, 11) is 0. The van der Waals surface area contributed by atoms with Crippen LogP contribution in [0.15, 0.2) is 41.2 Å². The predicted molar refractivity (Wildman–Crippen MR) is 92.2 cm³/mol. The van der Waals surface area contributed by atoms with Gasteiger partial charge in [-0.05, 0) is 37.6 Å². The van der Waals surface area contributed by atoms with Crippen molar-refractivity contribution in [2.24, 2.45) is 0 Å². The zero-order valence-corrected chi connectivity index (χ0v) is 13.4. The van der Waals surface area contributed by atoms with Gasteiger partial charge in [0.25, 0.3) is 11.5 Å². The van der Waals surface area contributed by atoms with Crippen LogP contribution in [0.5, 0.6) is 0 Å². The lowest BCUT2D eigenvalue weighted by Crippen LogP contribution is -2.26. The normalized spacial score (nSPS) is 10.8. The van der Waals surface area contributed by atoms with Gasteiger partial charge in [-0.3, -0.25) is 9.59 Å². The number of H-pyrrole nitrogens is 1.